The van der Waals surface area contributed by atoms with Gasteiger partial charge < -0.3 is 5.11 Å². The van der Waals surface area contributed by atoms with Crippen molar-refractivity contribution in [3.8, 4) is 12.3 Å². The van der Waals surface area contributed by atoms with Crippen molar-refractivity contribution in [2.75, 3.05) is 20.1 Å². The second-order valence-electron chi connectivity index (χ2n) is 3.74. The van der Waals surface area contributed by atoms with Crippen molar-refractivity contribution < 1.29 is 5.11 Å². The third kappa shape index (κ3) is 4.64. The Bertz CT molecular complexity index is 315. The highest BCUT2D eigenvalue weighted by atomic mass is 16.3. The molecule has 0 fully saturated rings. The Morgan fingerprint density at radius 1 is 1.40 bits per heavy atom. The molecule has 1 aromatic carbocycles. The molecule has 2 heteroatoms. The summed E-state index contributed by atoms with van der Waals surface area (Å²) in [5.41, 5.74) is 1.15. The normalized spacial score (nSPS) is 12.4. The lowest BCUT2D eigenvalue weighted by Gasteiger charge is -2.18. The van der Waals surface area contributed by atoms with Gasteiger partial charge in [-0.2, -0.15) is 0 Å². The fourth-order valence-electron chi connectivity index (χ4n) is 1.53. The van der Waals surface area contributed by atoms with Crippen LogP contribution in [-0.4, -0.2) is 36.2 Å². The first-order valence-corrected chi connectivity index (χ1v) is 5.06. The molecule has 0 saturated heterocycles. The quantitative estimate of drug-likeness (QED) is 0.726. The summed E-state index contributed by atoms with van der Waals surface area (Å²) in [7, 11) is 1.91. The van der Waals surface area contributed by atoms with Gasteiger partial charge in [-0.05, 0) is 19.0 Å². The molecule has 1 rings (SSSR count). The minimum Gasteiger partial charge on any atom is -0.391 e. The van der Waals surface area contributed by atoms with Crippen LogP contribution in [0.1, 0.15) is 5.56 Å². The molecule has 1 aromatic rings. The monoisotopic (exact) mass is 203 g/mol. The van der Waals surface area contributed by atoms with Crippen molar-refractivity contribution in [1.82, 2.24) is 4.90 Å². The van der Waals surface area contributed by atoms with Crippen LogP contribution in [0, 0.1) is 12.3 Å². The van der Waals surface area contributed by atoms with E-state index < -0.39 is 0 Å². The van der Waals surface area contributed by atoms with Gasteiger partial charge in [-0.25, -0.2) is 0 Å². The maximum absolute atomic E-state index is 9.79. The zero-order chi connectivity index (χ0) is 11.1. The number of hydrogen-bond acceptors (Lipinski definition) is 2. The fraction of sp³-hybridized carbons (Fsp3) is 0.385. The van der Waals surface area contributed by atoms with Crippen molar-refractivity contribution in [2.24, 2.45) is 0 Å². The molecule has 15 heavy (non-hydrogen) atoms. The second-order valence-corrected chi connectivity index (χ2v) is 3.74. The van der Waals surface area contributed by atoms with Gasteiger partial charge in [-0.1, -0.05) is 36.3 Å². The lowest BCUT2D eigenvalue weighted by atomic mass is 10.1. The number of terminal acetylenes is 1. The Balaban J connectivity index is 2.37. The number of hydrogen-bond donors (Lipinski definition) is 1. The molecule has 0 bridgehead atoms. The zero-order valence-electron chi connectivity index (χ0n) is 9.06. The van der Waals surface area contributed by atoms with Crippen molar-refractivity contribution in [3.05, 3.63) is 35.9 Å². The molecule has 0 amide bonds. The van der Waals surface area contributed by atoms with Gasteiger partial charge in [0.15, 0.2) is 0 Å². The van der Waals surface area contributed by atoms with Gasteiger partial charge in [0.05, 0.1) is 12.6 Å². The van der Waals surface area contributed by atoms with E-state index in [2.05, 4.69) is 5.92 Å². The number of aliphatic hydroxyl groups is 1. The topological polar surface area (TPSA) is 23.5 Å². The van der Waals surface area contributed by atoms with E-state index in [9.17, 15) is 5.11 Å². The predicted octanol–water partition coefficient (Wildman–Crippen LogP) is 1.16. The van der Waals surface area contributed by atoms with Crippen LogP contribution >= 0.6 is 0 Å². The first-order chi connectivity index (χ1) is 7.22. The highest BCUT2D eigenvalue weighted by molar-refractivity contribution is 5.15. The molecule has 1 atom stereocenters. The van der Waals surface area contributed by atoms with Crippen LogP contribution in [0.25, 0.3) is 0 Å². The molecule has 0 heterocycles. The average molecular weight is 203 g/mol. The SMILES string of the molecule is C#CCN(C)CC(O)Cc1ccccc1. The summed E-state index contributed by atoms with van der Waals surface area (Å²) in [5.74, 6) is 2.55. The fourth-order valence-corrected chi connectivity index (χ4v) is 1.53. The highest BCUT2D eigenvalue weighted by Crippen LogP contribution is 2.03. The van der Waals surface area contributed by atoms with Crippen molar-refractivity contribution in [2.45, 2.75) is 12.5 Å². The van der Waals surface area contributed by atoms with Gasteiger partial charge in [-0.15, -0.1) is 6.42 Å². The number of likely N-dealkylation sites (N-methyl/N-ethyl adjacent to an activating group) is 1. The first kappa shape index (κ1) is 11.8. The molecule has 2 nitrogen and oxygen atoms in total. The van der Waals surface area contributed by atoms with Crippen LogP contribution in [0.15, 0.2) is 30.3 Å². The molecule has 0 aliphatic heterocycles. The van der Waals surface area contributed by atoms with Gasteiger partial charge in [-0.3, -0.25) is 4.90 Å². The van der Waals surface area contributed by atoms with E-state index in [1.54, 1.807) is 0 Å². The minimum atomic E-state index is -0.356. The van der Waals surface area contributed by atoms with E-state index in [-0.39, 0.29) is 6.10 Å². The van der Waals surface area contributed by atoms with Gasteiger partial charge in [0.25, 0.3) is 0 Å². The largest absolute Gasteiger partial charge is 0.391 e. The number of benzene rings is 1. The maximum atomic E-state index is 9.79. The second kappa shape index (κ2) is 6.23. The molecule has 0 aliphatic carbocycles. The van der Waals surface area contributed by atoms with Crippen molar-refractivity contribution >= 4 is 0 Å². The van der Waals surface area contributed by atoms with Crippen LogP contribution in [0.4, 0.5) is 0 Å². The number of rotatable bonds is 5. The van der Waals surface area contributed by atoms with Gasteiger partial charge in [0, 0.05) is 6.54 Å². The first-order valence-electron chi connectivity index (χ1n) is 5.06. The molecule has 80 valence electrons. The van der Waals surface area contributed by atoms with E-state index in [4.69, 9.17) is 6.42 Å². The van der Waals surface area contributed by atoms with Gasteiger partial charge >= 0.3 is 0 Å². The molecular formula is C13H17NO. The van der Waals surface area contributed by atoms with Crippen LogP contribution < -0.4 is 0 Å². The summed E-state index contributed by atoms with van der Waals surface area (Å²) in [5, 5.41) is 9.79. The van der Waals surface area contributed by atoms with E-state index in [1.807, 2.05) is 42.3 Å². The third-order valence-corrected chi connectivity index (χ3v) is 2.20. The molecule has 1 unspecified atom stereocenters. The highest BCUT2D eigenvalue weighted by Gasteiger charge is 2.07. The van der Waals surface area contributed by atoms with Crippen LogP contribution in [0.2, 0.25) is 0 Å². The third-order valence-electron chi connectivity index (χ3n) is 2.20. The summed E-state index contributed by atoms with van der Waals surface area (Å²) in [6.07, 6.45) is 5.50. The molecule has 0 aromatic heterocycles. The molecule has 1 N–H and O–H groups in total. The number of nitrogens with zero attached hydrogens (tertiary/aromatic N) is 1. The molecule has 0 radical (unpaired) electrons. The van der Waals surface area contributed by atoms with E-state index in [1.165, 1.54) is 0 Å². The molecule has 0 saturated carbocycles. The lowest BCUT2D eigenvalue weighted by Crippen LogP contribution is -2.30. The Morgan fingerprint density at radius 3 is 2.67 bits per heavy atom. The smallest absolute Gasteiger partial charge is 0.0707 e. The minimum absolute atomic E-state index is 0.356. The zero-order valence-corrected chi connectivity index (χ0v) is 9.06. The summed E-state index contributed by atoms with van der Waals surface area (Å²) in [6, 6.07) is 9.97. The summed E-state index contributed by atoms with van der Waals surface area (Å²) in [6.45, 7) is 1.19. The van der Waals surface area contributed by atoms with E-state index in [0.29, 0.717) is 19.5 Å². The lowest BCUT2D eigenvalue weighted by molar-refractivity contribution is 0.132. The number of aliphatic hydroxyl groups excluding tert-OH is 1. The summed E-state index contributed by atoms with van der Waals surface area (Å²) in [4.78, 5) is 1.94. The van der Waals surface area contributed by atoms with Crippen LogP contribution in [-0.2, 0) is 6.42 Å². The van der Waals surface area contributed by atoms with Gasteiger partial charge in [0.2, 0.25) is 0 Å². The Morgan fingerprint density at radius 2 is 2.07 bits per heavy atom. The van der Waals surface area contributed by atoms with Crippen LogP contribution in [0.5, 0.6) is 0 Å². The Hall–Kier alpha value is -1.30. The van der Waals surface area contributed by atoms with Crippen molar-refractivity contribution in [3.63, 3.8) is 0 Å². The average Bonchev–Trinajstić information content (AvgIpc) is 2.19. The molecule has 0 spiro atoms. The summed E-state index contributed by atoms with van der Waals surface area (Å²) < 4.78 is 0. The molecular weight excluding hydrogens is 186 g/mol. The van der Waals surface area contributed by atoms with Crippen LogP contribution in [0.3, 0.4) is 0 Å². The molecule has 0 aliphatic rings. The standard InChI is InChI=1S/C13H17NO/c1-3-9-14(2)11-13(15)10-12-7-5-4-6-8-12/h1,4-8,13,15H,9-11H2,2H3. The van der Waals surface area contributed by atoms with Gasteiger partial charge in [0.1, 0.15) is 0 Å². The Labute approximate surface area is 91.5 Å². The maximum Gasteiger partial charge on any atom is 0.0707 e. The summed E-state index contributed by atoms with van der Waals surface area (Å²) >= 11 is 0. The van der Waals surface area contributed by atoms with E-state index >= 15 is 0 Å². The van der Waals surface area contributed by atoms with E-state index in [0.717, 1.165) is 5.56 Å². The predicted molar refractivity (Wildman–Crippen MR) is 62.5 cm³/mol. The van der Waals surface area contributed by atoms with Crippen molar-refractivity contribution in [1.29, 1.82) is 0 Å². The Kier molecular flexibility index (Phi) is 4.89.